The average molecular weight is 280 g/mol. The van der Waals surface area contributed by atoms with Crippen LogP contribution in [-0.4, -0.2) is 15.0 Å². The fourth-order valence-electron chi connectivity index (χ4n) is 2.31. The molecule has 1 aliphatic carbocycles. The SMILES string of the molecule is Cc1c(N)cccc1S(=O)(=O)NCCC1=CCCC1. The van der Waals surface area contributed by atoms with Gasteiger partial charge in [0.15, 0.2) is 0 Å². The molecule has 0 atom stereocenters. The average Bonchev–Trinajstić information content (AvgIpc) is 2.85. The molecule has 1 aromatic carbocycles. The van der Waals surface area contributed by atoms with Crippen LogP contribution in [0.15, 0.2) is 34.7 Å². The molecule has 0 bridgehead atoms. The Balaban J connectivity index is 2.03. The molecule has 0 saturated heterocycles. The molecule has 3 N–H and O–H groups in total. The zero-order valence-corrected chi connectivity index (χ0v) is 12.0. The Morgan fingerprint density at radius 2 is 2.16 bits per heavy atom. The van der Waals surface area contributed by atoms with Crippen molar-refractivity contribution < 1.29 is 8.42 Å². The normalized spacial score (nSPS) is 15.5. The number of anilines is 1. The third-order valence-corrected chi connectivity index (χ3v) is 5.09. The smallest absolute Gasteiger partial charge is 0.240 e. The van der Waals surface area contributed by atoms with Gasteiger partial charge in [-0.05, 0) is 50.3 Å². The summed E-state index contributed by atoms with van der Waals surface area (Å²) in [6.45, 7) is 2.17. The maximum absolute atomic E-state index is 12.2. The molecule has 0 unspecified atom stereocenters. The van der Waals surface area contributed by atoms with Crippen LogP contribution in [0.3, 0.4) is 0 Å². The Bertz CT molecular complexity index is 591. The van der Waals surface area contributed by atoms with E-state index in [-0.39, 0.29) is 4.90 Å². The molecule has 1 aromatic rings. The van der Waals surface area contributed by atoms with Gasteiger partial charge in [-0.25, -0.2) is 13.1 Å². The standard InChI is InChI=1S/C14H20N2O2S/c1-11-13(15)7-4-8-14(11)19(17,18)16-10-9-12-5-2-3-6-12/h4-5,7-8,16H,2-3,6,9-10,15H2,1H3. The second kappa shape index (κ2) is 5.75. The van der Waals surface area contributed by atoms with E-state index in [2.05, 4.69) is 10.8 Å². The van der Waals surface area contributed by atoms with Crippen molar-refractivity contribution >= 4 is 15.7 Å². The molecule has 0 spiro atoms. The molecule has 4 nitrogen and oxygen atoms in total. The fourth-order valence-corrected chi connectivity index (χ4v) is 3.62. The maximum Gasteiger partial charge on any atom is 0.240 e. The fraction of sp³-hybridized carbons (Fsp3) is 0.429. The number of allylic oxidation sites excluding steroid dienone is 1. The highest BCUT2D eigenvalue weighted by Gasteiger charge is 2.17. The molecule has 0 heterocycles. The lowest BCUT2D eigenvalue weighted by molar-refractivity contribution is 0.580. The zero-order valence-electron chi connectivity index (χ0n) is 11.1. The first-order valence-corrected chi connectivity index (χ1v) is 8.02. The molecule has 0 saturated carbocycles. The minimum Gasteiger partial charge on any atom is -0.398 e. The Morgan fingerprint density at radius 1 is 1.37 bits per heavy atom. The van der Waals surface area contributed by atoms with Gasteiger partial charge in [-0.3, -0.25) is 0 Å². The maximum atomic E-state index is 12.2. The summed E-state index contributed by atoms with van der Waals surface area (Å²) in [6.07, 6.45) is 6.41. The third-order valence-electron chi connectivity index (χ3n) is 3.49. The Labute approximate surface area is 114 Å². The highest BCUT2D eigenvalue weighted by Crippen LogP contribution is 2.22. The first-order chi connectivity index (χ1) is 9.00. The molecule has 19 heavy (non-hydrogen) atoms. The van der Waals surface area contributed by atoms with E-state index < -0.39 is 10.0 Å². The first-order valence-electron chi connectivity index (χ1n) is 6.53. The third kappa shape index (κ3) is 3.36. The van der Waals surface area contributed by atoms with Crippen molar-refractivity contribution in [2.75, 3.05) is 12.3 Å². The van der Waals surface area contributed by atoms with Crippen molar-refractivity contribution in [2.24, 2.45) is 0 Å². The van der Waals surface area contributed by atoms with Gasteiger partial charge in [0.2, 0.25) is 10.0 Å². The molecule has 0 aromatic heterocycles. The molecule has 104 valence electrons. The van der Waals surface area contributed by atoms with Gasteiger partial charge in [0.05, 0.1) is 4.90 Å². The van der Waals surface area contributed by atoms with Crippen LogP contribution < -0.4 is 10.5 Å². The lowest BCUT2D eigenvalue weighted by atomic mass is 10.2. The zero-order chi connectivity index (χ0) is 13.9. The molecule has 0 radical (unpaired) electrons. The number of nitrogen functional groups attached to an aromatic ring is 1. The quantitative estimate of drug-likeness (QED) is 0.642. The number of rotatable bonds is 5. The van der Waals surface area contributed by atoms with Crippen molar-refractivity contribution in [3.63, 3.8) is 0 Å². The number of nitrogens with one attached hydrogen (secondary N) is 1. The summed E-state index contributed by atoms with van der Waals surface area (Å²) in [5.41, 5.74) is 8.21. The monoisotopic (exact) mass is 280 g/mol. The second-order valence-electron chi connectivity index (χ2n) is 4.87. The van der Waals surface area contributed by atoms with E-state index in [1.807, 2.05) is 0 Å². The van der Waals surface area contributed by atoms with Crippen LogP contribution in [0.25, 0.3) is 0 Å². The van der Waals surface area contributed by atoms with Crippen molar-refractivity contribution in [2.45, 2.75) is 37.5 Å². The Hall–Kier alpha value is -1.33. The van der Waals surface area contributed by atoms with Crippen molar-refractivity contribution in [3.8, 4) is 0 Å². The van der Waals surface area contributed by atoms with Crippen LogP contribution in [0.4, 0.5) is 5.69 Å². The minimum atomic E-state index is -3.46. The van der Waals surface area contributed by atoms with E-state index in [1.54, 1.807) is 25.1 Å². The van der Waals surface area contributed by atoms with Gasteiger partial charge < -0.3 is 5.73 Å². The summed E-state index contributed by atoms with van der Waals surface area (Å²) >= 11 is 0. The molecule has 2 rings (SSSR count). The van der Waals surface area contributed by atoms with Crippen LogP contribution in [0, 0.1) is 6.92 Å². The van der Waals surface area contributed by atoms with Gasteiger partial charge in [0.25, 0.3) is 0 Å². The van der Waals surface area contributed by atoms with E-state index in [1.165, 1.54) is 12.0 Å². The van der Waals surface area contributed by atoms with Gasteiger partial charge in [0, 0.05) is 12.2 Å². The van der Waals surface area contributed by atoms with Gasteiger partial charge in [-0.2, -0.15) is 0 Å². The number of sulfonamides is 1. The number of nitrogens with two attached hydrogens (primary N) is 1. The molecule has 5 heteroatoms. The topological polar surface area (TPSA) is 72.2 Å². The van der Waals surface area contributed by atoms with Crippen molar-refractivity contribution in [1.82, 2.24) is 4.72 Å². The number of hydrogen-bond donors (Lipinski definition) is 2. The van der Waals surface area contributed by atoms with Crippen molar-refractivity contribution in [1.29, 1.82) is 0 Å². The lowest BCUT2D eigenvalue weighted by Gasteiger charge is -2.11. The highest BCUT2D eigenvalue weighted by atomic mass is 32.2. The molecular weight excluding hydrogens is 260 g/mol. The van der Waals surface area contributed by atoms with E-state index in [0.717, 1.165) is 19.3 Å². The summed E-state index contributed by atoms with van der Waals surface area (Å²) in [5, 5.41) is 0. The molecule has 1 aliphatic rings. The largest absolute Gasteiger partial charge is 0.398 e. The molecule has 0 amide bonds. The first kappa shape index (κ1) is 14.1. The van der Waals surface area contributed by atoms with Gasteiger partial charge >= 0.3 is 0 Å². The van der Waals surface area contributed by atoms with Crippen LogP contribution in [0.2, 0.25) is 0 Å². The summed E-state index contributed by atoms with van der Waals surface area (Å²) in [5.74, 6) is 0. The van der Waals surface area contributed by atoms with Crippen molar-refractivity contribution in [3.05, 3.63) is 35.4 Å². The summed E-state index contributed by atoms with van der Waals surface area (Å²) < 4.78 is 27.0. The minimum absolute atomic E-state index is 0.271. The van der Waals surface area contributed by atoms with E-state index in [4.69, 9.17) is 5.73 Å². The van der Waals surface area contributed by atoms with Crippen LogP contribution in [-0.2, 0) is 10.0 Å². The van der Waals surface area contributed by atoms with Gasteiger partial charge in [0.1, 0.15) is 0 Å². The molecule has 0 aliphatic heterocycles. The molecular formula is C14H20N2O2S. The van der Waals surface area contributed by atoms with Gasteiger partial charge in [-0.1, -0.05) is 17.7 Å². The lowest BCUT2D eigenvalue weighted by Crippen LogP contribution is -2.26. The van der Waals surface area contributed by atoms with E-state index >= 15 is 0 Å². The Morgan fingerprint density at radius 3 is 2.84 bits per heavy atom. The Kier molecular flexibility index (Phi) is 4.27. The summed E-state index contributed by atoms with van der Waals surface area (Å²) in [7, 11) is -3.46. The summed E-state index contributed by atoms with van der Waals surface area (Å²) in [6, 6.07) is 4.96. The van der Waals surface area contributed by atoms with Gasteiger partial charge in [-0.15, -0.1) is 0 Å². The second-order valence-corrected chi connectivity index (χ2v) is 6.61. The predicted molar refractivity (Wildman–Crippen MR) is 77.3 cm³/mol. The predicted octanol–water partition coefficient (Wildman–Crippen LogP) is 2.36. The van der Waals surface area contributed by atoms with E-state index in [9.17, 15) is 8.42 Å². The number of benzene rings is 1. The molecule has 0 fully saturated rings. The highest BCUT2D eigenvalue weighted by molar-refractivity contribution is 7.89. The van der Waals surface area contributed by atoms with E-state index in [0.29, 0.717) is 17.8 Å². The van der Waals surface area contributed by atoms with Crippen LogP contribution in [0.5, 0.6) is 0 Å². The number of hydrogen-bond acceptors (Lipinski definition) is 3. The summed E-state index contributed by atoms with van der Waals surface area (Å²) in [4.78, 5) is 0.271. The van der Waals surface area contributed by atoms with Crippen LogP contribution >= 0.6 is 0 Å². The van der Waals surface area contributed by atoms with Crippen LogP contribution in [0.1, 0.15) is 31.2 Å².